The van der Waals surface area contributed by atoms with Gasteiger partial charge in [0.05, 0.1) is 0 Å². The molecule has 0 aromatic heterocycles. The molecule has 5 heteroatoms. The van der Waals surface area contributed by atoms with Crippen LogP contribution in [0.4, 0.5) is 0 Å². The van der Waals surface area contributed by atoms with Gasteiger partial charge in [-0.1, -0.05) is 12.5 Å². The van der Waals surface area contributed by atoms with Gasteiger partial charge in [0.2, 0.25) is 0 Å². The second-order valence-corrected chi connectivity index (χ2v) is 4.38. The van der Waals surface area contributed by atoms with Gasteiger partial charge in [0, 0.05) is 40.9 Å². The molecule has 0 aliphatic heterocycles. The van der Waals surface area contributed by atoms with Crippen LogP contribution in [0.25, 0.3) is 0 Å². The van der Waals surface area contributed by atoms with E-state index in [9.17, 15) is 0 Å². The van der Waals surface area contributed by atoms with Gasteiger partial charge in [-0.05, 0) is 25.7 Å². The third kappa shape index (κ3) is 12.5. The third-order valence-corrected chi connectivity index (χ3v) is 2.78. The number of unbranched alkanes of at least 4 members (excludes halogenated alkanes) is 3. The van der Waals surface area contributed by atoms with Gasteiger partial charge < -0.3 is 15.0 Å². The number of aliphatic imine (C=N–C) groups is 1. The van der Waals surface area contributed by atoms with E-state index in [0.717, 1.165) is 38.5 Å². The number of allylic oxidation sites excluding steroid dienone is 1. The molecule has 0 atom stereocenters. The van der Waals surface area contributed by atoms with Crippen LogP contribution in [0.5, 0.6) is 0 Å². The largest absolute Gasteiger partial charge is 0.385 e. The van der Waals surface area contributed by atoms with E-state index in [0.29, 0.717) is 0 Å². The first-order valence-electron chi connectivity index (χ1n) is 6.77. The molecule has 0 aliphatic rings. The summed E-state index contributed by atoms with van der Waals surface area (Å²) in [5.41, 5.74) is 0. The van der Waals surface area contributed by atoms with E-state index in [1.165, 1.54) is 19.3 Å². The van der Waals surface area contributed by atoms with E-state index >= 15 is 0 Å². The van der Waals surface area contributed by atoms with Crippen LogP contribution in [0.3, 0.4) is 0 Å². The highest BCUT2D eigenvalue weighted by atomic mass is 127. The standard InChI is InChI=1S/C14H29N3O.HI/c1-5-6-7-8-9-12-17(3)14(15-2)16-11-10-13-18-4;/h5H,1,6-13H2,2-4H3,(H,15,16);1H. The van der Waals surface area contributed by atoms with Crippen LogP contribution >= 0.6 is 24.0 Å². The Labute approximate surface area is 135 Å². The van der Waals surface area contributed by atoms with Crippen molar-refractivity contribution in [1.82, 2.24) is 10.2 Å². The zero-order valence-electron chi connectivity index (χ0n) is 12.7. The van der Waals surface area contributed by atoms with Gasteiger partial charge in [0.25, 0.3) is 0 Å². The van der Waals surface area contributed by atoms with Crippen molar-refractivity contribution in [2.45, 2.75) is 32.1 Å². The van der Waals surface area contributed by atoms with E-state index in [1.807, 2.05) is 13.1 Å². The Morgan fingerprint density at radius 1 is 1.32 bits per heavy atom. The number of hydrogen-bond donors (Lipinski definition) is 1. The SMILES string of the molecule is C=CCCCCCN(C)C(=NC)NCCCOC.I. The van der Waals surface area contributed by atoms with Crippen molar-refractivity contribution in [2.24, 2.45) is 4.99 Å². The second kappa shape index (κ2) is 15.8. The number of halogens is 1. The van der Waals surface area contributed by atoms with Gasteiger partial charge in [-0.3, -0.25) is 4.99 Å². The zero-order valence-corrected chi connectivity index (χ0v) is 15.0. The first kappa shape index (κ1) is 21.0. The molecule has 0 radical (unpaired) electrons. The van der Waals surface area contributed by atoms with Crippen LogP contribution in [0.15, 0.2) is 17.6 Å². The van der Waals surface area contributed by atoms with E-state index < -0.39 is 0 Å². The van der Waals surface area contributed by atoms with Crippen molar-refractivity contribution in [3.63, 3.8) is 0 Å². The Balaban J connectivity index is 0. The fourth-order valence-corrected chi connectivity index (χ4v) is 1.72. The molecule has 0 aliphatic carbocycles. The van der Waals surface area contributed by atoms with Crippen LogP contribution in [0, 0.1) is 0 Å². The Bertz CT molecular complexity index is 235. The van der Waals surface area contributed by atoms with Crippen LogP contribution in [-0.2, 0) is 4.74 Å². The molecule has 0 heterocycles. The number of guanidine groups is 1. The highest BCUT2D eigenvalue weighted by Gasteiger charge is 2.04. The first-order chi connectivity index (χ1) is 8.76. The highest BCUT2D eigenvalue weighted by molar-refractivity contribution is 14.0. The summed E-state index contributed by atoms with van der Waals surface area (Å²) >= 11 is 0. The normalized spacial score (nSPS) is 10.8. The highest BCUT2D eigenvalue weighted by Crippen LogP contribution is 2.01. The van der Waals surface area contributed by atoms with Crippen molar-refractivity contribution in [2.75, 3.05) is 40.9 Å². The molecule has 114 valence electrons. The van der Waals surface area contributed by atoms with E-state index in [1.54, 1.807) is 7.11 Å². The molecule has 0 bridgehead atoms. The Hall–Kier alpha value is -0.300. The third-order valence-electron chi connectivity index (χ3n) is 2.78. The number of ether oxygens (including phenoxy) is 1. The summed E-state index contributed by atoms with van der Waals surface area (Å²) in [5.74, 6) is 0.967. The van der Waals surface area contributed by atoms with Gasteiger partial charge in [-0.25, -0.2) is 0 Å². The average Bonchev–Trinajstić information content (AvgIpc) is 2.38. The quantitative estimate of drug-likeness (QED) is 0.207. The summed E-state index contributed by atoms with van der Waals surface area (Å²) in [5, 5.41) is 3.34. The Kier molecular flexibility index (Phi) is 17.4. The molecule has 0 rings (SSSR count). The molecule has 0 amide bonds. The maximum atomic E-state index is 5.02. The van der Waals surface area contributed by atoms with Gasteiger partial charge in [0.1, 0.15) is 0 Å². The van der Waals surface area contributed by atoms with Crippen molar-refractivity contribution in [3.05, 3.63) is 12.7 Å². The lowest BCUT2D eigenvalue weighted by Gasteiger charge is -2.22. The molecule has 1 N–H and O–H groups in total. The van der Waals surface area contributed by atoms with Gasteiger partial charge in [-0.15, -0.1) is 30.6 Å². The minimum Gasteiger partial charge on any atom is -0.385 e. The molecule has 0 saturated heterocycles. The predicted octanol–water partition coefficient (Wildman–Crippen LogP) is 2.89. The number of hydrogen-bond acceptors (Lipinski definition) is 2. The number of nitrogens with zero attached hydrogens (tertiary/aromatic N) is 2. The predicted molar refractivity (Wildman–Crippen MR) is 94.6 cm³/mol. The van der Waals surface area contributed by atoms with Crippen molar-refractivity contribution >= 4 is 29.9 Å². The van der Waals surface area contributed by atoms with E-state index in [-0.39, 0.29) is 24.0 Å². The second-order valence-electron chi connectivity index (χ2n) is 4.38. The molecular weight excluding hydrogens is 353 g/mol. The maximum Gasteiger partial charge on any atom is 0.193 e. The zero-order chi connectivity index (χ0) is 13.6. The summed E-state index contributed by atoms with van der Waals surface area (Å²) in [4.78, 5) is 6.46. The van der Waals surface area contributed by atoms with Crippen LogP contribution < -0.4 is 5.32 Å². The number of rotatable bonds is 10. The van der Waals surface area contributed by atoms with Gasteiger partial charge >= 0.3 is 0 Å². The van der Waals surface area contributed by atoms with Crippen molar-refractivity contribution < 1.29 is 4.74 Å². The van der Waals surface area contributed by atoms with Crippen LogP contribution in [-0.4, -0.2) is 51.8 Å². The summed E-state index contributed by atoms with van der Waals surface area (Å²) in [7, 11) is 5.64. The monoisotopic (exact) mass is 383 g/mol. The van der Waals surface area contributed by atoms with E-state index in [4.69, 9.17) is 4.74 Å². The lowest BCUT2D eigenvalue weighted by atomic mass is 10.2. The summed E-state index contributed by atoms with van der Waals surface area (Å²) in [6, 6.07) is 0. The lowest BCUT2D eigenvalue weighted by Crippen LogP contribution is -2.40. The Morgan fingerprint density at radius 3 is 2.63 bits per heavy atom. The molecule has 0 aromatic carbocycles. The Morgan fingerprint density at radius 2 is 2.05 bits per heavy atom. The molecule has 0 fully saturated rings. The fourth-order valence-electron chi connectivity index (χ4n) is 1.72. The van der Waals surface area contributed by atoms with Crippen LogP contribution in [0.1, 0.15) is 32.1 Å². The molecule has 4 nitrogen and oxygen atoms in total. The van der Waals surface area contributed by atoms with Crippen molar-refractivity contribution in [3.8, 4) is 0 Å². The summed E-state index contributed by atoms with van der Waals surface area (Å²) in [6.45, 7) is 6.47. The summed E-state index contributed by atoms with van der Waals surface area (Å²) in [6.07, 6.45) is 7.79. The minimum absolute atomic E-state index is 0. The molecule has 0 aromatic rings. The molecule has 0 spiro atoms. The fraction of sp³-hybridized carbons (Fsp3) is 0.786. The topological polar surface area (TPSA) is 36.9 Å². The molecule has 0 saturated carbocycles. The molecule has 0 unspecified atom stereocenters. The molecule has 19 heavy (non-hydrogen) atoms. The first-order valence-corrected chi connectivity index (χ1v) is 6.77. The van der Waals surface area contributed by atoms with Gasteiger partial charge in [-0.2, -0.15) is 0 Å². The molecular formula is C14H30IN3O. The van der Waals surface area contributed by atoms with Gasteiger partial charge in [0.15, 0.2) is 5.96 Å². The number of methoxy groups -OCH3 is 1. The minimum atomic E-state index is 0. The average molecular weight is 383 g/mol. The lowest BCUT2D eigenvalue weighted by molar-refractivity contribution is 0.195. The summed E-state index contributed by atoms with van der Waals surface area (Å²) < 4.78 is 5.02. The number of nitrogens with one attached hydrogen (secondary N) is 1. The maximum absolute atomic E-state index is 5.02. The van der Waals surface area contributed by atoms with Crippen LogP contribution in [0.2, 0.25) is 0 Å². The van der Waals surface area contributed by atoms with Crippen molar-refractivity contribution in [1.29, 1.82) is 0 Å². The smallest absolute Gasteiger partial charge is 0.193 e. The van der Waals surface area contributed by atoms with E-state index in [2.05, 4.69) is 28.8 Å².